The summed E-state index contributed by atoms with van der Waals surface area (Å²) in [5, 5.41) is 3.13. The molecule has 0 radical (unpaired) electrons. The van der Waals surface area contributed by atoms with Gasteiger partial charge in [-0.3, -0.25) is 4.79 Å². The van der Waals surface area contributed by atoms with Crippen LogP contribution in [0.2, 0.25) is 0 Å². The first-order valence-electron chi connectivity index (χ1n) is 5.85. The van der Waals surface area contributed by atoms with Crippen LogP contribution >= 0.6 is 15.9 Å². The number of halogens is 1. The van der Waals surface area contributed by atoms with E-state index in [-0.39, 0.29) is 5.91 Å². The van der Waals surface area contributed by atoms with Crippen LogP contribution in [-0.2, 0) is 11.3 Å². The van der Waals surface area contributed by atoms with Gasteiger partial charge in [0.25, 0.3) is 0 Å². The number of amides is 1. The number of benzene rings is 1. The summed E-state index contributed by atoms with van der Waals surface area (Å²) < 4.78 is 6.08. The van der Waals surface area contributed by atoms with Gasteiger partial charge >= 0.3 is 0 Å². The highest BCUT2D eigenvalue weighted by Crippen LogP contribution is 2.25. The number of hydrogen-bond acceptors (Lipinski definition) is 3. The summed E-state index contributed by atoms with van der Waals surface area (Å²) in [6.07, 6.45) is 0. The lowest BCUT2D eigenvalue weighted by molar-refractivity contribution is -0.128. The Balaban J connectivity index is 2.45. The summed E-state index contributed by atoms with van der Waals surface area (Å²) >= 11 is 3.43. The quantitative estimate of drug-likeness (QED) is 0.873. The monoisotopic (exact) mass is 314 g/mol. The van der Waals surface area contributed by atoms with Gasteiger partial charge in [-0.1, -0.05) is 6.07 Å². The normalized spacial score (nSPS) is 10.2. The van der Waals surface area contributed by atoms with E-state index in [1.54, 1.807) is 19.1 Å². The van der Waals surface area contributed by atoms with Crippen LogP contribution in [0, 0.1) is 0 Å². The van der Waals surface area contributed by atoms with Gasteiger partial charge in [0.2, 0.25) is 5.91 Å². The van der Waals surface area contributed by atoms with Crippen LogP contribution in [0.15, 0.2) is 22.7 Å². The second kappa shape index (κ2) is 7.38. The van der Waals surface area contributed by atoms with Crippen LogP contribution in [0.25, 0.3) is 0 Å². The number of carbonyl (C=O) groups is 1. The van der Waals surface area contributed by atoms with E-state index >= 15 is 0 Å². The number of nitrogens with one attached hydrogen (secondary N) is 1. The van der Waals surface area contributed by atoms with Crippen molar-refractivity contribution in [1.29, 1.82) is 0 Å². The fraction of sp³-hybridized carbons (Fsp3) is 0.462. The second-order valence-electron chi connectivity index (χ2n) is 3.98. The molecule has 1 aromatic rings. The molecule has 100 valence electrons. The van der Waals surface area contributed by atoms with Crippen LogP contribution in [0.5, 0.6) is 5.75 Å². The van der Waals surface area contributed by atoms with Crippen molar-refractivity contribution < 1.29 is 9.53 Å². The number of carbonyl (C=O) groups excluding carboxylic acids is 1. The van der Waals surface area contributed by atoms with E-state index in [1.807, 2.05) is 25.1 Å². The minimum atomic E-state index is 0.102. The van der Waals surface area contributed by atoms with Crippen LogP contribution in [0.3, 0.4) is 0 Å². The molecule has 0 aliphatic carbocycles. The summed E-state index contributed by atoms with van der Waals surface area (Å²) in [6, 6.07) is 5.87. The molecule has 1 aromatic carbocycles. The first kappa shape index (κ1) is 15.0. The molecule has 1 amide bonds. The average molecular weight is 315 g/mol. The zero-order valence-electron chi connectivity index (χ0n) is 11.0. The van der Waals surface area contributed by atoms with Crippen molar-refractivity contribution in [3.63, 3.8) is 0 Å². The van der Waals surface area contributed by atoms with Gasteiger partial charge in [-0.25, -0.2) is 0 Å². The fourth-order valence-corrected chi connectivity index (χ4v) is 2.03. The van der Waals surface area contributed by atoms with Gasteiger partial charge in [-0.05, 0) is 40.5 Å². The third-order valence-corrected chi connectivity index (χ3v) is 3.34. The van der Waals surface area contributed by atoms with Crippen LogP contribution < -0.4 is 10.1 Å². The van der Waals surface area contributed by atoms with Crippen LogP contribution in [-0.4, -0.2) is 38.1 Å². The van der Waals surface area contributed by atoms with E-state index < -0.39 is 0 Å². The van der Waals surface area contributed by atoms with Crippen molar-refractivity contribution in [2.75, 3.05) is 27.2 Å². The highest BCUT2D eigenvalue weighted by atomic mass is 79.9. The van der Waals surface area contributed by atoms with Crippen molar-refractivity contribution in [2.45, 2.75) is 13.5 Å². The first-order valence-corrected chi connectivity index (χ1v) is 6.64. The van der Waals surface area contributed by atoms with Crippen molar-refractivity contribution >= 4 is 21.8 Å². The highest BCUT2D eigenvalue weighted by Gasteiger charge is 2.06. The van der Waals surface area contributed by atoms with Crippen molar-refractivity contribution in [1.82, 2.24) is 10.2 Å². The van der Waals surface area contributed by atoms with Crippen LogP contribution in [0.1, 0.15) is 12.5 Å². The average Bonchev–Trinajstić information content (AvgIpc) is 2.37. The summed E-state index contributed by atoms with van der Waals surface area (Å²) in [5.74, 6) is 0.908. The molecule has 0 spiro atoms. The van der Waals surface area contributed by atoms with Gasteiger partial charge < -0.3 is 15.0 Å². The van der Waals surface area contributed by atoms with E-state index in [0.717, 1.165) is 22.3 Å². The number of methoxy groups -OCH3 is 1. The first-order chi connectivity index (χ1) is 8.58. The Hall–Kier alpha value is -1.07. The topological polar surface area (TPSA) is 41.6 Å². The molecule has 0 saturated heterocycles. The lowest BCUT2D eigenvalue weighted by Crippen LogP contribution is -2.35. The number of ether oxygens (including phenoxy) is 1. The Morgan fingerprint density at radius 3 is 2.78 bits per heavy atom. The number of rotatable bonds is 6. The van der Waals surface area contributed by atoms with Gasteiger partial charge in [0.15, 0.2) is 0 Å². The Morgan fingerprint density at radius 1 is 1.50 bits per heavy atom. The summed E-state index contributed by atoms with van der Waals surface area (Å²) in [5.41, 5.74) is 1.11. The Labute approximate surface area is 116 Å². The molecule has 1 rings (SSSR count). The molecule has 0 heterocycles. The van der Waals surface area contributed by atoms with Crippen molar-refractivity contribution in [3.8, 4) is 5.75 Å². The van der Waals surface area contributed by atoms with Gasteiger partial charge in [-0.15, -0.1) is 0 Å². The maximum atomic E-state index is 11.6. The minimum absolute atomic E-state index is 0.102. The van der Waals surface area contributed by atoms with Crippen LogP contribution in [0.4, 0.5) is 0 Å². The minimum Gasteiger partial charge on any atom is -0.496 e. The predicted octanol–water partition coefficient (Wildman–Crippen LogP) is 2.03. The molecule has 1 N–H and O–H groups in total. The SMILES string of the molecule is CCN(C)C(=O)CNCc1ccc(OC)c(Br)c1. The van der Waals surface area contributed by atoms with Crippen molar-refractivity contribution in [3.05, 3.63) is 28.2 Å². The summed E-state index contributed by atoms with van der Waals surface area (Å²) in [4.78, 5) is 13.3. The van der Waals surface area contributed by atoms with E-state index in [9.17, 15) is 4.79 Å². The molecule has 0 bridgehead atoms. The molecular formula is C13H19BrN2O2. The highest BCUT2D eigenvalue weighted by molar-refractivity contribution is 9.10. The Bertz CT molecular complexity index is 410. The van der Waals surface area contributed by atoms with E-state index in [1.165, 1.54) is 0 Å². The molecule has 0 aliphatic heterocycles. The van der Waals surface area contributed by atoms with Crippen molar-refractivity contribution in [2.24, 2.45) is 0 Å². The van der Waals surface area contributed by atoms with Gasteiger partial charge in [0, 0.05) is 20.1 Å². The molecule has 0 aromatic heterocycles. The molecule has 18 heavy (non-hydrogen) atoms. The van der Waals surface area contributed by atoms with E-state index in [0.29, 0.717) is 13.1 Å². The standard InChI is InChI=1S/C13H19BrN2O2/c1-4-16(2)13(17)9-15-8-10-5-6-12(18-3)11(14)7-10/h5-7,15H,4,8-9H2,1-3H3. The maximum Gasteiger partial charge on any atom is 0.236 e. The van der Waals surface area contributed by atoms with E-state index in [2.05, 4.69) is 21.2 Å². The zero-order chi connectivity index (χ0) is 13.5. The van der Waals surface area contributed by atoms with E-state index in [4.69, 9.17) is 4.74 Å². The summed E-state index contributed by atoms with van der Waals surface area (Å²) in [6.45, 7) is 3.70. The zero-order valence-corrected chi connectivity index (χ0v) is 12.6. The molecule has 0 unspecified atom stereocenters. The lowest BCUT2D eigenvalue weighted by atomic mass is 10.2. The molecule has 4 nitrogen and oxygen atoms in total. The predicted molar refractivity (Wildman–Crippen MR) is 75.7 cm³/mol. The molecule has 0 atom stereocenters. The largest absolute Gasteiger partial charge is 0.496 e. The summed E-state index contributed by atoms with van der Waals surface area (Å²) in [7, 11) is 3.44. The molecular weight excluding hydrogens is 296 g/mol. The number of hydrogen-bond donors (Lipinski definition) is 1. The molecule has 0 fully saturated rings. The third-order valence-electron chi connectivity index (χ3n) is 2.72. The number of nitrogens with zero attached hydrogens (tertiary/aromatic N) is 1. The number of likely N-dealkylation sites (N-methyl/N-ethyl adjacent to an activating group) is 1. The van der Waals surface area contributed by atoms with Gasteiger partial charge in [0.05, 0.1) is 18.1 Å². The second-order valence-corrected chi connectivity index (χ2v) is 4.83. The smallest absolute Gasteiger partial charge is 0.236 e. The third kappa shape index (κ3) is 4.31. The Kier molecular flexibility index (Phi) is 6.15. The molecule has 0 aliphatic rings. The molecule has 0 saturated carbocycles. The maximum absolute atomic E-state index is 11.6. The van der Waals surface area contributed by atoms with Gasteiger partial charge in [0.1, 0.15) is 5.75 Å². The Morgan fingerprint density at radius 2 is 2.22 bits per heavy atom. The fourth-order valence-electron chi connectivity index (χ4n) is 1.44. The van der Waals surface area contributed by atoms with Gasteiger partial charge in [-0.2, -0.15) is 0 Å². The molecule has 5 heteroatoms. The lowest BCUT2D eigenvalue weighted by Gasteiger charge is -2.14.